The fourth-order valence-corrected chi connectivity index (χ4v) is 3.70. The highest BCUT2D eigenvalue weighted by atomic mass is 16.3. The van der Waals surface area contributed by atoms with Crippen molar-refractivity contribution in [3.63, 3.8) is 0 Å². The van der Waals surface area contributed by atoms with Crippen LogP contribution in [-0.4, -0.2) is 32.7 Å². The zero-order valence-corrected chi connectivity index (χ0v) is 15.7. The summed E-state index contributed by atoms with van der Waals surface area (Å²) in [6.07, 6.45) is 3.76. The van der Waals surface area contributed by atoms with E-state index in [9.17, 15) is 15.0 Å². The van der Waals surface area contributed by atoms with E-state index in [4.69, 9.17) is 4.42 Å². The van der Waals surface area contributed by atoms with Crippen LogP contribution in [0, 0.1) is 12.8 Å². The standard InChI is InChI=1S/C21H23N3O4/c1-12-3-2-4-15(22-12)20(27)23-16-10-19-17(9-18(16)26)24-21(28-19)14-7-5-13(11-25)6-8-14/h2-4,9-10,13-14,25-26H,5-8,11H2,1H3,(H,23,27)/t13-,14-. The molecule has 1 aliphatic rings. The predicted octanol–water partition coefficient (Wildman–Crippen LogP) is 3.76. The van der Waals surface area contributed by atoms with Crippen molar-refractivity contribution in [1.82, 2.24) is 9.97 Å². The Morgan fingerprint density at radius 3 is 2.71 bits per heavy atom. The highest BCUT2D eigenvalue weighted by Gasteiger charge is 2.26. The lowest BCUT2D eigenvalue weighted by molar-refractivity contribution is 0.102. The van der Waals surface area contributed by atoms with Gasteiger partial charge >= 0.3 is 0 Å². The molecule has 2 aromatic heterocycles. The van der Waals surface area contributed by atoms with Gasteiger partial charge in [-0.1, -0.05) is 6.07 Å². The molecule has 1 amide bonds. The maximum absolute atomic E-state index is 12.4. The summed E-state index contributed by atoms with van der Waals surface area (Å²) in [6.45, 7) is 2.04. The first kappa shape index (κ1) is 18.4. The monoisotopic (exact) mass is 381 g/mol. The van der Waals surface area contributed by atoms with Crippen molar-refractivity contribution in [3.8, 4) is 5.75 Å². The molecule has 1 fully saturated rings. The first-order valence-corrected chi connectivity index (χ1v) is 9.53. The largest absolute Gasteiger partial charge is 0.506 e. The van der Waals surface area contributed by atoms with Crippen molar-refractivity contribution < 1.29 is 19.4 Å². The van der Waals surface area contributed by atoms with Crippen molar-refractivity contribution in [2.75, 3.05) is 11.9 Å². The summed E-state index contributed by atoms with van der Waals surface area (Å²) >= 11 is 0. The topological polar surface area (TPSA) is 108 Å². The lowest BCUT2D eigenvalue weighted by Gasteiger charge is -2.24. The molecule has 2 heterocycles. The normalized spacial score (nSPS) is 19.6. The SMILES string of the molecule is Cc1cccc(C(=O)Nc2cc3oc([C@H]4CC[C@H](CO)CC4)nc3cc2O)n1. The molecule has 0 bridgehead atoms. The number of nitrogens with one attached hydrogen (secondary N) is 1. The molecule has 0 radical (unpaired) electrons. The fourth-order valence-electron chi connectivity index (χ4n) is 3.70. The van der Waals surface area contributed by atoms with E-state index >= 15 is 0 Å². The van der Waals surface area contributed by atoms with Crippen LogP contribution in [0.15, 0.2) is 34.7 Å². The average molecular weight is 381 g/mol. The number of hydrogen-bond acceptors (Lipinski definition) is 6. The van der Waals surface area contributed by atoms with Gasteiger partial charge in [0.25, 0.3) is 5.91 Å². The number of aromatic hydroxyl groups is 1. The minimum Gasteiger partial charge on any atom is -0.506 e. The molecule has 1 saturated carbocycles. The highest BCUT2D eigenvalue weighted by molar-refractivity contribution is 6.04. The van der Waals surface area contributed by atoms with E-state index in [0.717, 1.165) is 31.4 Å². The molecule has 1 aromatic carbocycles. The Morgan fingerprint density at radius 1 is 1.21 bits per heavy atom. The number of nitrogens with zero attached hydrogens (tertiary/aromatic N) is 2. The lowest BCUT2D eigenvalue weighted by atomic mass is 9.82. The van der Waals surface area contributed by atoms with Crippen LogP contribution in [0.3, 0.4) is 0 Å². The van der Waals surface area contributed by atoms with Crippen LogP contribution in [0.4, 0.5) is 5.69 Å². The third kappa shape index (κ3) is 3.71. The van der Waals surface area contributed by atoms with E-state index in [0.29, 0.717) is 22.9 Å². The van der Waals surface area contributed by atoms with Crippen molar-refractivity contribution in [1.29, 1.82) is 0 Å². The van der Waals surface area contributed by atoms with Gasteiger partial charge in [0.1, 0.15) is 17.0 Å². The van der Waals surface area contributed by atoms with E-state index < -0.39 is 5.91 Å². The Bertz CT molecular complexity index is 1010. The zero-order chi connectivity index (χ0) is 19.7. The minimum atomic E-state index is -0.402. The summed E-state index contributed by atoms with van der Waals surface area (Å²) in [5, 5.41) is 22.3. The van der Waals surface area contributed by atoms with Gasteiger partial charge in [-0.15, -0.1) is 0 Å². The van der Waals surface area contributed by atoms with Gasteiger partial charge in [0.05, 0.1) is 5.69 Å². The van der Waals surface area contributed by atoms with Crippen molar-refractivity contribution in [2.45, 2.75) is 38.5 Å². The van der Waals surface area contributed by atoms with Crippen LogP contribution in [-0.2, 0) is 0 Å². The second-order valence-corrected chi connectivity index (χ2v) is 7.41. The molecule has 0 atom stereocenters. The number of benzene rings is 1. The van der Waals surface area contributed by atoms with Gasteiger partial charge in [0.15, 0.2) is 11.5 Å². The summed E-state index contributed by atoms with van der Waals surface area (Å²) < 4.78 is 5.93. The minimum absolute atomic E-state index is 0.0719. The number of carbonyl (C=O) groups is 1. The number of aromatic nitrogens is 2. The fraction of sp³-hybridized carbons (Fsp3) is 0.381. The number of anilines is 1. The Hall–Kier alpha value is -2.93. The maximum atomic E-state index is 12.4. The number of fused-ring (bicyclic) bond motifs is 1. The van der Waals surface area contributed by atoms with Gasteiger partial charge in [-0.2, -0.15) is 0 Å². The third-order valence-electron chi connectivity index (χ3n) is 5.35. The van der Waals surface area contributed by atoms with Crippen molar-refractivity contribution >= 4 is 22.7 Å². The number of oxazole rings is 1. The van der Waals surface area contributed by atoms with E-state index in [1.807, 2.05) is 13.0 Å². The number of pyridine rings is 1. The number of hydrogen-bond donors (Lipinski definition) is 3. The van der Waals surface area contributed by atoms with Crippen molar-refractivity contribution in [3.05, 3.63) is 47.6 Å². The number of rotatable bonds is 4. The van der Waals surface area contributed by atoms with E-state index in [2.05, 4.69) is 15.3 Å². The third-order valence-corrected chi connectivity index (χ3v) is 5.35. The highest BCUT2D eigenvalue weighted by Crippen LogP contribution is 2.38. The van der Waals surface area contributed by atoms with E-state index in [1.54, 1.807) is 18.2 Å². The Morgan fingerprint density at radius 2 is 2.00 bits per heavy atom. The number of phenolic OH excluding ortho intramolecular Hbond substituents is 1. The maximum Gasteiger partial charge on any atom is 0.274 e. The van der Waals surface area contributed by atoms with Crippen LogP contribution in [0.1, 0.15) is 53.7 Å². The quantitative estimate of drug-likeness (QED) is 0.594. The molecule has 28 heavy (non-hydrogen) atoms. The van der Waals surface area contributed by atoms with Gasteiger partial charge in [-0.25, -0.2) is 9.97 Å². The van der Waals surface area contributed by atoms with Crippen LogP contribution in [0.25, 0.3) is 11.1 Å². The average Bonchev–Trinajstić information content (AvgIpc) is 3.11. The Kier molecular flexibility index (Phi) is 5.00. The molecule has 7 heteroatoms. The molecule has 146 valence electrons. The number of aliphatic hydroxyl groups is 1. The molecule has 1 aliphatic carbocycles. The second kappa shape index (κ2) is 7.59. The summed E-state index contributed by atoms with van der Waals surface area (Å²) in [4.78, 5) is 21.1. The van der Waals surface area contributed by atoms with Crippen LogP contribution in [0.5, 0.6) is 5.75 Å². The zero-order valence-electron chi connectivity index (χ0n) is 15.7. The smallest absolute Gasteiger partial charge is 0.274 e. The Balaban J connectivity index is 1.55. The number of phenols is 1. The summed E-state index contributed by atoms with van der Waals surface area (Å²) in [5.74, 6) is 0.751. The summed E-state index contributed by atoms with van der Waals surface area (Å²) in [6, 6.07) is 8.28. The second-order valence-electron chi connectivity index (χ2n) is 7.41. The molecule has 3 aromatic rings. The lowest BCUT2D eigenvalue weighted by Crippen LogP contribution is -2.16. The molecule has 4 rings (SSSR count). The van der Waals surface area contributed by atoms with Crippen LogP contribution in [0.2, 0.25) is 0 Å². The molecular weight excluding hydrogens is 358 g/mol. The molecule has 0 unspecified atom stereocenters. The number of aryl methyl sites for hydroxylation is 1. The molecule has 0 saturated heterocycles. The first-order valence-electron chi connectivity index (χ1n) is 9.53. The molecular formula is C21H23N3O4. The first-order chi connectivity index (χ1) is 13.5. The summed E-state index contributed by atoms with van der Waals surface area (Å²) in [5.41, 5.74) is 2.35. The van der Waals surface area contributed by atoms with Crippen molar-refractivity contribution in [2.24, 2.45) is 5.92 Å². The van der Waals surface area contributed by atoms with Gasteiger partial charge < -0.3 is 19.9 Å². The molecule has 0 spiro atoms. The van der Waals surface area contributed by atoms with Gasteiger partial charge in [-0.05, 0) is 50.7 Å². The number of aliphatic hydroxyl groups excluding tert-OH is 1. The predicted molar refractivity (Wildman–Crippen MR) is 104 cm³/mol. The summed E-state index contributed by atoms with van der Waals surface area (Å²) in [7, 11) is 0. The van der Waals surface area contributed by atoms with E-state index in [1.165, 1.54) is 6.07 Å². The number of amides is 1. The van der Waals surface area contributed by atoms with Gasteiger partial charge in [0.2, 0.25) is 0 Å². The molecule has 7 nitrogen and oxygen atoms in total. The van der Waals surface area contributed by atoms with Crippen LogP contribution < -0.4 is 5.32 Å². The van der Waals surface area contributed by atoms with E-state index in [-0.39, 0.29) is 29.7 Å². The number of carbonyl (C=O) groups excluding carboxylic acids is 1. The molecule has 3 N–H and O–H groups in total. The van der Waals surface area contributed by atoms with Crippen LogP contribution >= 0.6 is 0 Å². The molecule has 0 aliphatic heterocycles. The Labute approximate surface area is 162 Å². The van der Waals surface area contributed by atoms with Gasteiger partial charge in [-0.3, -0.25) is 4.79 Å². The van der Waals surface area contributed by atoms with Gasteiger partial charge in [0, 0.05) is 30.4 Å².